The molecule has 100 valence electrons. The van der Waals surface area contributed by atoms with E-state index in [0.717, 1.165) is 30.5 Å². The van der Waals surface area contributed by atoms with Crippen LogP contribution in [0.3, 0.4) is 0 Å². The van der Waals surface area contributed by atoms with E-state index in [9.17, 15) is 0 Å². The molecule has 1 aromatic heterocycles. The van der Waals surface area contributed by atoms with Gasteiger partial charge in [-0.15, -0.1) is 12.4 Å². The summed E-state index contributed by atoms with van der Waals surface area (Å²) in [6, 6.07) is 3.86. The first-order valence-electron chi connectivity index (χ1n) is 6.03. The molecule has 3 heterocycles. The summed E-state index contributed by atoms with van der Waals surface area (Å²) >= 11 is 0. The Morgan fingerprint density at radius 1 is 1.39 bits per heavy atom. The molecular formula is C12H18ClN3O2. The van der Waals surface area contributed by atoms with Crippen molar-refractivity contribution >= 4 is 18.3 Å². The number of halogens is 1. The van der Waals surface area contributed by atoms with E-state index in [1.165, 1.54) is 12.8 Å². The van der Waals surface area contributed by atoms with Gasteiger partial charge in [0, 0.05) is 18.5 Å². The minimum absolute atomic E-state index is 0. The fraction of sp³-hybridized carbons (Fsp3) is 0.500. The number of anilines is 1. The number of rotatable bonds is 2. The van der Waals surface area contributed by atoms with Gasteiger partial charge in [-0.1, -0.05) is 5.59 Å². The fourth-order valence-corrected chi connectivity index (χ4v) is 2.22. The summed E-state index contributed by atoms with van der Waals surface area (Å²) in [7, 11) is 0. The van der Waals surface area contributed by atoms with Crippen molar-refractivity contribution in [3.8, 4) is 0 Å². The van der Waals surface area contributed by atoms with Crippen molar-refractivity contribution in [3.63, 3.8) is 0 Å². The summed E-state index contributed by atoms with van der Waals surface area (Å²) < 4.78 is 5.53. The van der Waals surface area contributed by atoms with Crippen molar-refractivity contribution in [3.05, 3.63) is 29.9 Å². The van der Waals surface area contributed by atoms with Crippen LogP contribution in [-0.2, 0) is 4.84 Å². The lowest BCUT2D eigenvalue weighted by Crippen LogP contribution is -2.31. The van der Waals surface area contributed by atoms with Gasteiger partial charge in [0.15, 0.2) is 0 Å². The van der Waals surface area contributed by atoms with Crippen LogP contribution >= 0.6 is 12.4 Å². The first-order valence-corrected chi connectivity index (χ1v) is 6.03. The van der Waals surface area contributed by atoms with Gasteiger partial charge in [0.2, 0.25) is 5.88 Å². The van der Waals surface area contributed by atoms with Crippen molar-refractivity contribution in [1.82, 2.24) is 10.9 Å². The molecule has 0 saturated carbocycles. The lowest BCUT2D eigenvalue weighted by Gasteiger charge is -2.21. The third-order valence-electron chi connectivity index (χ3n) is 3.18. The molecule has 1 saturated heterocycles. The highest BCUT2D eigenvalue weighted by Gasteiger charge is 2.25. The van der Waals surface area contributed by atoms with Crippen molar-refractivity contribution in [1.29, 1.82) is 0 Å². The number of hydrogen-bond acceptors (Lipinski definition) is 5. The lowest BCUT2D eigenvalue weighted by molar-refractivity contribution is 0.0988. The minimum atomic E-state index is 0. The van der Waals surface area contributed by atoms with Crippen LogP contribution in [0.4, 0.5) is 5.88 Å². The second-order valence-electron chi connectivity index (χ2n) is 4.52. The smallest absolute Gasteiger partial charge is 0.216 e. The van der Waals surface area contributed by atoms with Crippen LogP contribution in [0.15, 0.2) is 28.5 Å². The molecule has 2 N–H and O–H groups in total. The number of aryl methyl sites for hydroxylation is 1. The van der Waals surface area contributed by atoms with Crippen molar-refractivity contribution in [2.45, 2.75) is 19.8 Å². The Balaban J connectivity index is 0.00000120. The topological polar surface area (TPSA) is 49.7 Å². The van der Waals surface area contributed by atoms with Crippen LogP contribution in [0, 0.1) is 12.8 Å². The highest BCUT2D eigenvalue weighted by molar-refractivity contribution is 5.85. The second kappa shape index (κ2) is 5.65. The van der Waals surface area contributed by atoms with Gasteiger partial charge in [0.05, 0.1) is 6.20 Å². The van der Waals surface area contributed by atoms with Crippen LogP contribution in [0.25, 0.3) is 0 Å². The molecular weight excluding hydrogens is 254 g/mol. The zero-order chi connectivity index (χ0) is 11.7. The summed E-state index contributed by atoms with van der Waals surface area (Å²) in [6.45, 7) is 4.02. The molecule has 3 rings (SSSR count). The Bertz CT molecular complexity index is 427. The molecule has 0 amide bonds. The van der Waals surface area contributed by atoms with E-state index in [0.29, 0.717) is 5.92 Å². The fourth-order valence-electron chi connectivity index (χ4n) is 2.22. The van der Waals surface area contributed by atoms with Gasteiger partial charge in [-0.3, -0.25) is 0 Å². The predicted molar refractivity (Wildman–Crippen MR) is 71.1 cm³/mol. The van der Waals surface area contributed by atoms with Crippen molar-refractivity contribution in [2.24, 2.45) is 5.92 Å². The zero-order valence-electron chi connectivity index (χ0n) is 10.3. The maximum absolute atomic E-state index is 5.53. The quantitative estimate of drug-likeness (QED) is 0.863. The molecule has 1 fully saturated rings. The van der Waals surface area contributed by atoms with E-state index in [4.69, 9.17) is 9.25 Å². The summed E-state index contributed by atoms with van der Waals surface area (Å²) in [5, 5.41) is 5.15. The standard InChI is InChI=1S/C12H17N3O2.ClH/c1-9-4-5-12(16-9)15-8-11(17-14-15)10-3-2-6-13-7-10;/h4-5,8,10,13-14H,2-3,6-7H2,1H3;1H/t10-;/m0./s1. The summed E-state index contributed by atoms with van der Waals surface area (Å²) in [5.74, 6) is 3.08. The Labute approximate surface area is 112 Å². The van der Waals surface area contributed by atoms with Gasteiger partial charge in [0.25, 0.3) is 0 Å². The van der Waals surface area contributed by atoms with Crippen molar-refractivity contribution < 1.29 is 9.25 Å². The molecule has 2 aliphatic heterocycles. The Kier molecular flexibility index (Phi) is 4.16. The molecule has 0 aliphatic carbocycles. The molecule has 1 atom stereocenters. The van der Waals surface area contributed by atoms with Crippen molar-refractivity contribution in [2.75, 3.05) is 18.1 Å². The first kappa shape index (κ1) is 13.3. The van der Waals surface area contributed by atoms with Crippen LogP contribution in [0.2, 0.25) is 0 Å². The van der Waals surface area contributed by atoms with E-state index in [2.05, 4.69) is 10.9 Å². The summed E-state index contributed by atoms with van der Waals surface area (Å²) in [5.41, 5.74) is 2.85. The maximum atomic E-state index is 5.53. The molecule has 2 aliphatic rings. The molecule has 6 heteroatoms. The average molecular weight is 272 g/mol. The molecule has 18 heavy (non-hydrogen) atoms. The number of hydrazine groups is 1. The molecule has 5 nitrogen and oxygen atoms in total. The Hall–Kier alpha value is -1.17. The van der Waals surface area contributed by atoms with Gasteiger partial charge in [0.1, 0.15) is 11.5 Å². The minimum Gasteiger partial charge on any atom is -0.444 e. The molecule has 1 aromatic rings. The lowest BCUT2D eigenvalue weighted by atomic mass is 9.98. The number of piperidine rings is 1. The number of nitrogens with zero attached hydrogens (tertiary/aromatic N) is 1. The van der Waals surface area contributed by atoms with E-state index in [-0.39, 0.29) is 12.4 Å². The molecule has 0 radical (unpaired) electrons. The Morgan fingerprint density at radius 2 is 2.28 bits per heavy atom. The zero-order valence-corrected chi connectivity index (χ0v) is 11.1. The van der Waals surface area contributed by atoms with Crippen LogP contribution in [0.5, 0.6) is 0 Å². The second-order valence-corrected chi connectivity index (χ2v) is 4.52. The SMILES string of the molecule is Cc1ccc(N2C=C([C@H]3CCCNC3)ON2)o1.Cl. The third kappa shape index (κ3) is 2.63. The van der Waals surface area contributed by atoms with E-state index in [1.807, 2.05) is 25.3 Å². The first-order chi connectivity index (χ1) is 8.33. The van der Waals surface area contributed by atoms with Crippen LogP contribution < -0.4 is 15.9 Å². The Morgan fingerprint density at radius 3 is 2.94 bits per heavy atom. The number of furan rings is 1. The molecule has 0 unspecified atom stereocenters. The summed E-state index contributed by atoms with van der Waals surface area (Å²) in [4.78, 5) is 5.51. The third-order valence-corrected chi connectivity index (χ3v) is 3.18. The number of nitrogens with one attached hydrogen (secondary N) is 2. The highest BCUT2D eigenvalue weighted by Crippen LogP contribution is 2.26. The van der Waals surface area contributed by atoms with Gasteiger partial charge in [-0.2, -0.15) is 0 Å². The van der Waals surface area contributed by atoms with Crippen LogP contribution in [-0.4, -0.2) is 13.1 Å². The van der Waals surface area contributed by atoms with E-state index >= 15 is 0 Å². The normalized spacial score (nSPS) is 23.3. The number of hydrogen-bond donors (Lipinski definition) is 2. The molecule has 0 aromatic carbocycles. The van der Waals surface area contributed by atoms with Gasteiger partial charge in [-0.25, -0.2) is 5.01 Å². The summed E-state index contributed by atoms with van der Waals surface area (Å²) in [6.07, 6.45) is 4.34. The van der Waals surface area contributed by atoms with E-state index < -0.39 is 0 Å². The molecule has 0 bridgehead atoms. The van der Waals surface area contributed by atoms with E-state index in [1.54, 1.807) is 5.01 Å². The maximum Gasteiger partial charge on any atom is 0.216 e. The van der Waals surface area contributed by atoms with Crippen LogP contribution in [0.1, 0.15) is 18.6 Å². The predicted octanol–water partition coefficient (Wildman–Crippen LogP) is 2.11. The monoisotopic (exact) mass is 271 g/mol. The van der Waals surface area contributed by atoms with Gasteiger partial charge in [-0.05, 0) is 32.4 Å². The highest BCUT2D eigenvalue weighted by atomic mass is 35.5. The average Bonchev–Trinajstić information content (AvgIpc) is 2.98. The van der Waals surface area contributed by atoms with Gasteiger partial charge < -0.3 is 14.6 Å². The largest absolute Gasteiger partial charge is 0.444 e. The molecule has 0 spiro atoms. The van der Waals surface area contributed by atoms with Gasteiger partial charge >= 0.3 is 0 Å².